The maximum absolute atomic E-state index is 0. The van der Waals surface area contributed by atoms with Gasteiger partial charge < -0.3 is 16.4 Å². The van der Waals surface area contributed by atoms with Gasteiger partial charge in [0.05, 0.1) is 0 Å². The Bertz CT molecular complexity index is 3.25. The van der Waals surface area contributed by atoms with Crippen LogP contribution < -0.4 is 0 Å². The molecule has 0 saturated heterocycles. The molecule has 0 aromatic heterocycles. The Labute approximate surface area is 36.7 Å². The van der Waals surface area contributed by atoms with E-state index in [0.717, 1.165) is 0 Å². The summed E-state index contributed by atoms with van der Waals surface area (Å²) in [6.07, 6.45) is 0. The van der Waals surface area contributed by atoms with Crippen LogP contribution in [0.3, 0.4) is 0 Å². The molecule has 0 spiro atoms. The average molecular weight is 151 g/mol. The van der Waals surface area contributed by atoms with Gasteiger partial charge in [0.2, 0.25) is 0 Å². The maximum atomic E-state index is 0. The monoisotopic (exact) mass is 152 g/mol. The Hall–Kier alpha value is 0.503. The number of rotatable bonds is 0. The van der Waals surface area contributed by atoms with Crippen LogP contribution in [0.5, 0.6) is 0 Å². The van der Waals surface area contributed by atoms with Crippen LogP contribution in [-0.4, -0.2) is 5.48 Å². The summed E-state index contributed by atoms with van der Waals surface area (Å²) in [4.78, 5) is 0. The van der Waals surface area contributed by atoms with Crippen LogP contribution in [-0.2, 0) is 30.4 Å². The second-order valence-corrected chi connectivity index (χ2v) is 0. The minimum atomic E-state index is 0. The van der Waals surface area contributed by atoms with E-state index < -0.39 is 0 Å². The first kappa shape index (κ1) is 218. The van der Waals surface area contributed by atoms with Crippen LogP contribution in [0.1, 0.15) is 0 Å². The Balaban J connectivity index is 0. The molecule has 2 N–H and O–H groups in total. The number of hydrogen-bond donors (Lipinski definition) is 0. The van der Waals surface area contributed by atoms with Crippen molar-refractivity contribution in [2.24, 2.45) is 0 Å². The average Bonchev–Trinajstić information content (AvgIpc) is 0. The van der Waals surface area contributed by atoms with E-state index in [1.54, 1.807) is 0 Å². The molecule has 0 aliphatic carbocycles. The molecule has 28 valence electrons. The molecule has 0 aromatic rings. The van der Waals surface area contributed by atoms with Gasteiger partial charge in [-0.05, 0) is 0 Å². The molecular formula is H2O3Ru. The van der Waals surface area contributed by atoms with E-state index in [1.807, 2.05) is 0 Å². The fourth-order valence-corrected chi connectivity index (χ4v) is 0. The van der Waals surface area contributed by atoms with Crippen molar-refractivity contribution in [3.63, 3.8) is 0 Å². The molecule has 0 rings (SSSR count). The second-order valence-electron chi connectivity index (χ2n) is 0. The summed E-state index contributed by atoms with van der Waals surface area (Å²) in [7, 11) is 0. The molecule has 0 bridgehead atoms. The zero-order valence-electron chi connectivity index (χ0n) is 1.67. The van der Waals surface area contributed by atoms with Gasteiger partial charge in [0.15, 0.2) is 0 Å². The first-order chi connectivity index (χ1) is 0. The van der Waals surface area contributed by atoms with Crippen molar-refractivity contribution in [2.45, 2.75) is 0 Å². The quantitative estimate of drug-likeness (QED) is 0.395. The van der Waals surface area contributed by atoms with Crippen molar-refractivity contribution in [3.05, 3.63) is 0 Å². The molecule has 0 radical (unpaired) electrons. The van der Waals surface area contributed by atoms with E-state index in [-0.39, 0.29) is 35.9 Å². The van der Waals surface area contributed by atoms with Crippen LogP contribution in [0.4, 0.5) is 0 Å². The fraction of sp³-hybridized carbons (Fsp3) is 0. The van der Waals surface area contributed by atoms with Crippen LogP contribution in [0.15, 0.2) is 0 Å². The predicted molar refractivity (Wildman–Crippen MR) is 4.99 cm³/mol. The van der Waals surface area contributed by atoms with Gasteiger partial charge in [-0.25, -0.2) is 0 Å². The van der Waals surface area contributed by atoms with Gasteiger partial charge in [0.25, 0.3) is 0 Å². The van der Waals surface area contributed by atoms with E-state index in [9.17, 15) is 0 Å². The zero-order chi connectivity index (χ0) is 0. The van der Waals surface area contributed by atoms with Gasteiger partial charge in [-0.1, -0.05) is 0 Å². The summed E-state index contributed by atoms with van der Waals surface area (Å²) in [5.74, 6) is 0. The Morgan fingerprint density at radius 3 is 0.750 bits per heavy atom. The van der Waals surface area contributed by atoms with Crippen molar-refractivity contribution in [2.75, 3.05) is 0 Å². The molecule has 3 nitrogen and oxygen atoms in total. The minimum absolute atomic E-state index is 0. The van der Waals surface area contributed by atoms with Crippen LogP contribution >= 0.6 is 0 Å². The van der Waals surface area contributed by atoms with Gasteiger partial charge in [0.1, 0.15) is 0 Å². The minimum Gasteiger partial charge on any atom is -2.00 e. The summed E-state index contributed by atoms with van der Waals surface area (Å²) in [5, 5.41) is 0. The Morgan fingerprint density at radius 2 is 0.750 bits per heavy atom. The SMILES string of the molecule is O.[O-2].[O-2].[Ru+4]. The first-order valence-corrected chi connectivity index (χ1v) is 0. The van der Waals surface area contributed by atoms with E-state index >= 15 is 0 Å². The molecule has 0 aliphatic rings. The molecule has 0 fully saturated rings. The molecule has 4 heavy (non-hydrogen) atoms. The predicted octanol–water partition coefficient (Wildman–Crippen LogP) is -1.06. The van der Waals surface area contributed by atoms with Gasteiger partial charge in [0, 0.05) is 0 Å². The standard InChI is InChI=1S/H2O.2O.Ru/h1H2;;;/q;2*-2;+4. The third-order valence-corrected chi connectivity index (χ3v) is 0. The van der Waals surface area contributed by atoms with Crippen molar-refractivity contribution in [1.82, 2.24) is 0 Å². The van der Waals surface area contributed by atoms with Gasteiger partial charge in [-0.15, -0.1) is 0 Å². The molecule has 4 heteroatoms. The third kappa shape index (κ3) is 22.3. The van der Waals surface area contributed by atoms with Crippen molar-refractivity contribution in [3.8, 4) is 0 Å². The summed E-state index contributed by atoms with van der Waals surface area (Å²) >= 11 is 0. The van der Waals surface area contributed by atoms with Crippen LogP contribution in [0.2, 0.25) is 0 Å². The van der Waals surface area contributed by atoms with E-state index in [1.165, 1.54) is 0 Å². The largest absolute Gasteiger partial charge is 4.00 e. The number of hydrogen-bond acceptors (Lipinski definition) is 0. The van der Waals surface area contributed by atoms with Crippen LogP contribution in [0, 0.1) is 0 Å². The van der Waals surface area contributed by atoms with Crippen molar-refractivity contribution in [1.29, 1.82) is 0 Å². The molecule has 0 amide bonds. The van der Waals surface area contributed by atoms with E-state index in [0.29, 0.717) is 0 Å². The summed E-state index contributed by atoms with van der Waals surface area (Å²) < 4.78 is 0. The van der Waals surface area contributed by atoms with Gasteiger partial charge in [-0.3, -0.25) is 0 Å². The van der Waals surface area contributed by atoms with Crippen molar-refractivity contribution >= 4 is 0 Å². The molecule has 0 atom stereocenters. The van der Waals surface area contributed by atoms with Crippen molar-refractivity contribution < 1.29 is 35.9 Å². The normalized spacial score (nSPS) is 0. The molecule has 0 aromatic carbocycles. The fourth-order valence-electron chi connectivity index (χ4n) is 0. The molecule has 0 heterocycles. The van der Waals surface area contributed by atoms with Gasteiger partial charge in [-0.2, -0.15) is 0 Å². The third-order valence-electron chi connectivity index (χ3n) is 0. The summed E-state index contributed by atoms with van der Waals surface area (Å²) in [6.45, 7) is 0. The molecule has 0 saturated carbocycles. The van der Waals surface area contributed by atoms with Gasteiger partial charge >= 0.3 is 19.5 Å². The van der Waals surface area contributed by atoms with Crippen LogP contribution in [0.25, 0.3) is 0 Å². The maximum Gasteiger partial charge on any atom is 4.00 e. The smallest absolute Gasteiger partial charge is 2.00 e. The van der Waals surface area contributed by atoms with E-state index in [4.69, 9.17) is 0 Å². The topological polar surface area (TPSA) is 88.5 Å². The second kappa shape index (κ2) is 86.6. The summed E-state index contributed by atoms with van der Waals surface area (Å²) in [6, 6.07) is 0. The first-order valence-electron chi connectivity index (χ1n) is 0. The molecule has 0 aliphatic heterocycles. The zero-order valence-corrected chi connectivity index (χ0v) is 3.41. The Morgan fingerprint density at radius 1 is 0.750 bits per heavy atom. The van der Waals surface area contributed by atoms with E-state index in [2.05, 4.69) is 0 Å². The molecule has 0 unspecified atom stereocenters. The molecular weight excluding hydrogens is 149 g/mol. The summed E-state index contributed by atoms with van der Waals surface area (Å²) in [5.41, 5.74) is 0. The Kier molecular flexibility index (Phi) is 4730.